The Bertz CT molecular complexity index is 733. The van der Waals surface area contributed by atoms with Crippen molar-refractivity contribution in [3.8, 4) is 0 Å². The van der Waals surface area contributed by atoms with Gasteiger partial charge in [-0.25, -0.2) is 9.18 Å². The molecule has 0 saturated heterocycles. The molecular weight excluding hydrogens is 365 g/mol. The Kier molecular flexibility index (Phi) is 5.70. The summed E-state index contributed by atoms with van der Waals surface area (Å²) in [7, 11) is 2.81. The number of nitrogens with one attached hydrogen (secondary N) is 2. The molecule has 0 bridgehead atoms. The van der Waals surface area contributed by atoms with E-state index in [9.17, 15) is 9.18 Å². The van der Waals surface area contributed by atoms with E-state index in [4.69, 9.17) is 4.74 Å². The van der Waals surface area contributed by atoms with Crippen LogP contribution in [0.4, 0.5) is 21.5 Å². The first-order valence-corrected chi connectivity index (χ1v) is 7.46. The van der Waals surface area contributed by atoms with Gasteiger partial charge in [0.1, 0.15) is 0 Å². The second kappa shape index (κ2) is 7.73. The number of rotatable bonds is 5. The average Bonchev–Trinajstić information content (AvgIpc) is 2.56. The van der Waals surface area contributed by atoms with Crippen LogP contribution in [0.5, 0.6) is 0 Å². The van der Waals surface area contributed by atoms with Crippen molar-refractivity contribution in [1.82, 2.24) is 0 Å². The number of hydrogen-bond donors (Lipinski definition) is 2. The highest BCUT2D eigenvalue weighted by Crippen LogP contribution is 2.30. The Morgan fingerprint density at radius 3 is 2.57 bits per heavy atom. The number of hydrogen-bond acceptors (Lipinski definition) is 4. The standard InChI is InChI=1S/C16H15BrFN3O2/c1-19-9-20-13-8-7-12(16(22)23-2)15(14(13)18)21-11-5-3-10(17)4-6-11/h3-9,21H,1-2H3,(H,19,20). The molecule has 0 aromatic heterocycles. The largest absolute Gasteiger partial charge is 0.465 e. The van der Waals surface area contributed by atoms with Gasteiger partial charge in [0.15, 0.2) is 5.82 Å². The molecule has 5 nitrogen and oxygen atoms in total. The SMILES string of the molecule is CN=CNc1ccc(C(=O)OC)c(Nc2ccc(Br)cc2)c1F. The summed E-state index contributed by atoms with van der Waals surface area (Å²) < 4.78 is 20.3. The molecule has 0 aliphatic heterocycles. The van der Waals surface area contributed by atoms with Crippen LogP contribution in [0.3, 0.4) is 0 Å². The molecule has 0 heterocycles. The maximum atomic E-state index is 14.7. The zero-order valence-corrected chi connectivity index (χ0v) is 14.1. The first-order valence-electron chi connectivity index (χ1n) is 6.67. The molecule has 0 fully saturated rings. The summed E-state index contributed by atoms with van der Waals surface area (Å²) in [6, 6.07) is 10.1. The Hall–Kier alpha value is -2.41. The number of esters is 1. The molecule has 0 atom stereocenters. The van der Waals surface area contributed by atoms with Gasteiger partial charge in [-0.2, -0.15) is 0 Å². The topological polar surface area (TPSA) is 62.7 Å². The summed E-state index contributed by atoms with van der Waals surface area (Å²) in [5.74, 6) is -1.23. The highest BCUT2D eigenvalue weighted by Gasteiger charge is 2.19. The monoisotopic (exact) mass is 379 g/mol. The first kappa shape index (κ1) is 17.0. The van der Waals surface area contributed by atoms with E-state index in [1.807, 2.05) is 12.1 Å². The number of benzene rings is 2. The summed E-state index contributed by atoms with van der Waals surface area (Å²) in [5, 5.41) is 5.63. The number of ether oxygens (including phenoxy) is 1. The van der Waals surface area contributed by atoms with Crippen LogP contribution in [0.15, 0.2) is 45.9 Å². The van der Waals surface area contributed by atoms with Crippen molar-refractivity contribution in [2.75, 3.05) is 24.8 Å². The van der Waals surface area contributed by atoms with Crippen molar-refractivity contribution in [2.45, 2.75) is 0 Å². The molecule has 2 aromatic carbocycles. The average molecular weight is 380 g/mol. The molecule has 0 radical (unpaired) electrons. The fourth-order valence-electron chi connectivity index (χ4n) is 1.90. The maximum Gasteiger partial charge on any atom is 0.340 e. The van der Waals surface area contributed by atoms with Crippen molar-refractivity contribution in [3.05, 3.63) is 52.3 Å². The Labute approximate surface area is 141 Å². The summed E-state index contributed by atoms with van der Waals surface area (Å²) in [6.07, 6.45) is 1.36. The lowest BCUT2D eigenvalue weighted by molar-refractivity contribution is 0.0601. The van der Waals surface area contributed by atoms with E-state index in [-0.39, 0.29) is 16.9 Å². The second-order valence-corrected chi connectivity index (χ2v) is 5.42. The molecule has 120 valence electrons. The zero-order valence-electron chi connectivity index (χ0n) is 12.6. The van der Waals surface area contributed by atoms with Gasteiger partial charge in [-0.3, -0.25) is 4.99 Å². The van der Waals surface area contributed by atoms with Crippen LogP contribution < -0.4 is 10.6 Å². The van der Waals surface area contributed by atoms with E-state index in [2.05, 4.69) is 31.6 Å². The second-order valence-electron chi connectivity index (χ2n) is 4.50. The van der Waals surface area contributed by atoms with Gasteiger partial charge in [0.2, 0.25) is 0 Å². The number of nitrogens with zero attached hydrogens (tertiary/aromatic N) is 1. The molecule has 0 amide bonds. The lowest BCUT2D eigenvalue weighted by Gasteiger charge is -2.14. The van der Waals surface area contributed by atoms with Gasteiger partial charge in [-0.05, 0) is 36.4 Å². The Morgan fingerprint density at radius 1 is 1.26 bits per heavy atom. The molecule has 7 heteroatoms. The third-order valence-corrected chi connectivity index (χ3v) is 3.54. The first-order chi connectivity index (χ1) is 11.1. The lowest BCUT2D eigenvalue weighted by atomic mass is 10.1. The van der Waals surface area contributed by atoms with Gasteiger partial charge in [0.05, 0.1) is 30.4 Å². The third-order valence-electron chi connectivity index (χ3n) is 3.01. The summed E-state index contributed by atoms with van der Waals surface area (Å²) in [5.41, 5.74) is 0.974. The van der Waals surface area contributed by atoms with Crippen LogP contribution in [-0.4, -0.2) is 26.5 Å². The van der Waals surface area contributed by atoms with Crippen LogP contribution in [0.2, 0.25) is 0 Å². The minimum Gasteiger partial charge on any atom is -0.465 e. The highest BCUT2D eigenvalue weighted by atomic mass is 79.9. The van der Waals surface area contributed by atoms with Crippen LogP contribution in [0, 0.1) is 5.82 Å². The Morgan fingerprint density at radius 2 is 1.96 bits per heavy atom. The predicted molar refractivity (Wildman–Crippen MR) is 93.2 cm³/mol. The quantitative estimate of drug-likeness (QED) is 0.464. The smallest absolute Gasteiger partial charge is 0.340 e. The van der Waals surface area contributed by atoms with Gasteiger partial charge in [0.25, 0.3) is 0 Å². The molecule has 0 aliphatic rings. The van der Waals surface area contributed by atoms with Crippen molar-refractivity contribution in [1.29, 1.82) is 0 Å². The van der Waals surface area contributed by atoms with E-state index >= 15 is 0 Å². The maximum absolute atomic E-state index is 14.7. The minimum absolute atomic E-state index is 0.0358. The van der Waals surface area contributed by atoms with Gasteiger partial charge in [-0.15, -0.1) is 0 Å². The van der Waals surface area contributed by atoms with E-state index in [1.165, 1.54) is 25.6 Å². The number of anilines is 3. The van der Waals surface area contributed by atoms with Crippen molar-refractivity contribution in [3.63, 3.8) is 0 Å². The van der Waals surface area contributed by atoms with Gasteiger partial charge in [0, 0.05) is 17.2 Å². The van der Waals surface area contributed by atoms with Crippen molar-refractivity contribution < 1.29 is 13.9 Å². The molecule has 0 aliphatic carbocycles. The zero-order chi connectivity index (χ0) is 16.8. The van der Waals surface area contributed by atoms with Gasteiger partial charge >= 0.3 is 5.97 Å². The Balaban J connectivity index is 2.47. The lowest BCUT2D eigenvalue weighted by Crippen LogP contribution is -2.09. The van der Waals surface area contributed by atoms with E-state index in [0.29, 0.717) is 5.69 Å². The molecule has 2 aromatic rings. The summed E-state index contributed by atoms with van der Waals surface area (Å²) >= 11 is 3.33. The highest BCUT2D eigenvalue weighted by molar-refractivity contribution is 9.10. The molecular formula is C16H15BrFN3O2. The summed E-state index contributed by atoms with van der Waals surface area (Å²) in [4.78, 5) is 15.6. The van der Waals surface area contributed by atoms with Crippen LogP contribution in [0.1, 0.15) is 10.4 Å². The van der Waals surface area contributed by atoms with E-state index < -0.39 is 11.8 Å². The molecule has 0 unspecified atom stereocenters. The predicted octanol–water partition coefficient (Wildman–Crippen LogP) is 4.19. The fourth-order valence-corrected chi connectivity index (χ4v) is 2.17. The summed E-state index contributed by atoms with van der Waals surface area (Å²) in [6.45, 7) is 0. The van der Waals surface area contributed by atoms with Gasteiger partial charge < -0.3 is 15.4 Å². The van der Waals surface area contributed by atoms with Crippen LogP contribution >= 0.6 is 15.9 Å². The number of carbonyl (C=O) groups is 1. The van der Waals surface area contributed by atoms with Crippen molar-refractivity contribution >= 4 is 45.3 Å². The number of aliphatic imine (C=N–C) groups is 1. The van der Waals surface area contributed by atoms with Gasteiger partial charge in [-0.1, -0.05) is 15.9 Å². The van der Waals surface area contributed by atoms with E-state index in [1.54, 1.807) is 19.2 Å². The molecule has 2 rings (SSSR count). The molecule has 0 spiro atoms. The van der Waals surface area contributed by atoms with Crippen LogP contribution in [-0.2, 0) is 4.74 Å². The van der Waals surface area contributed by atoms with Crippen LogP contribution in [0.25, 0.3) is 0 Å². The normalized spacial score (nSPS) is 10.6. The minimum atomic E-state index is -0.626. The molecule has 0 saturated carbocycles. The van der Waals surface area contributed by atoms with E-state index in [0.717, 1.165) is 4.47 Å². The fraction of sp³-hybridized carbons (Fsp3) is 0.125. The molecule has 23 heavy (non-hydrogen) atoms. The number of halogens is 2. The molecule has 2 N–H and O–H groups in total. The third kappa shape index (κ3) is 4.07. The number of methoxy groups -OCH3 is 1. The van der Waals surface area contributed by atoms with Crippen molar-refractivity contribution in [2.24, 2.45) is 4.99 Å². The number of carbonyl (C=O) groups excluding carboxylic acids is 1.